The smallest absolute Gasteiger partial charge is 0.338 e. The lowest BCUT2D eigenvalue weighted by atomic mass is 9.88. The average molecular weight is 416 g/mol. The summed E-state index contributed by atoms with van der Waals surface area (Å²) < 4.78 is 20.8. The Labute approximate surface area is 171 Å². The molecule has 0 bridgehead atoms. The number of carbonyl (C=O) groups excluding carboxylic acids is 1. The highest BCUT2D eigenvalue weighted by Gasteiger charge is 2.36. The zero-order valence-corrected chi connectivity index (χ0v) is 16.4. The van der Waals surface area contributed by atoms with Crippen molar-refractivity contribution in [2.24, 2.45) is 5.73 Å². The van der Waals surface area contributed by atoms with E-state index in [1.54, 1.807) is 31.2 Å². The van der Waals surface area contributed by atoms with E-state index in [0.29, 0.717) is 24.2 Å². The van der Waals surface area contributed by atoms with Crippen molar-refractivity contribution in [2.45, 2.75) is 38.0 Å². The zero-order valence-electron chi connectivity index (χ0n) is 15.6. The van der Waals surface area contributed by atoms with Crippen LogP contribution in [0.25, 0.3) is 10.9 Å². The predicted octanol–water partition coefficient (Wildman–Crippen LogP) is 3.77. The van der Waals surface area contributed by atoms with Crippen LogP contribution >= 0.6 is 11.6 Å². The highest BCUT2D eigenvalue weighted by atomic mass is 35.5. The number of carbonyl (C=O) groups is 1. The maximum absolute atomic E-state index is 13.8. The van der Waals surface area contributed by atoms with Crippen LogP contribution in [0.2, 0.25) is 5.02 Å². The summed E-state index contributed by atoms with van der Waals surface area (Å²) in [5, 5.41) is 0.165. The highest BCUT2D eigenvalue weighted by molar-refractivity contribution is 6.35. The first-order valence-electron chi connectivity index (χ1n) is 9.28. The molecule has 0 radical (unpaired) electrons. The van der Waals surface area contributed by atoms with Gasteiger partial charge in [0.15, 0.2) is 0 Å². The summed E-state index contributed by atoms with van der Waals surface area (Å²) >= 11 is 6.08. The quantitative estimate of drug-likeness (QED) is 0.655. The number of halogens is 2. The monoisotopic (exact) mass is 415 g/mol. The van der Waals surface area contributed by atoms with E-state index < -0.39 is 23.4 Å². The average Bonchev–Trinajstić information content (AvgIpc) is 2.66. The van der Waals surface area contributed by atoms with Crippen molar-refractivity contribution in [1.29, 1.82) is 0 Å². The lowest BCUT2D eigenvalue weighted by Gasteiger charge is -2.37. The molecule has 4 rings (SSSR count). The van der Waals surface area contributed by atoms with Gasteiger partial charge in [0.25, 0.3) is 5.56 Å². The summed E-state index contributed by atoms with van der Waals surface area (Å²) in [4.78, 5) is 29.7. The number of ether oxygens (including phenoxy) is 1. The van der Waals surface area contributed by atoms with Gasteiger partial charge in [-0.25, -0.2) is 14.2 Å². The third-order valence-corrected chi connectivity index (χ3v) is 5.36. The van der Waals surface area contributed by atoms with E-state index in [2.05, 4.69) is 4.98 Å². The fraction of sp³-hybridized carbons (Fsp3) is 0.286. The van der Waals surface area contributed by atoms with Crippen LogP contribution in [-0.4, -0.2) is 21.6 Å². The Morgan fingerprint density at radius 3 is 2.66 bits per heavy atom. The van der Waals surface area contributed by atoms with E-state index in [4.69, 9.17) is 22.1 Å². The standard InChI is InChI=1S/C21H19ClFN3O3/c1-11(24)19-25-18-16(7-13(23)8-17(18)22)20(27)26(19)14-9-15(10-14)29-21(28)12-5-3-2-4-6-12/h2-8,11,14-15H,9-10,24H2,1H3/t11-,14?,15?/m0/s1. The van der Waals surface area contributed by atoms with Gasteiger partial charge in [0.05, 0.1) is 27.5 Å². The van der Waals surface area contributed by atoms with Gasteiger partial charge in [0, 0.05) is 18.9 Å². The molecule has 0 amide bonds. The minimum Gasteiger partial charge on any atom is -0.459 e. The number of hydrogen-bond donors (Lipinski definition) is 1. The molecule has 0 aliphatic heterocycles. The first kappa shape index (κ1) is 19.5. The normalized spacial score (nSPS) is 19.6. The molecular weight excluding hydrogens is 397 g/mol. The van der Waals surface area contributed by atoms with Crippen molar-refractivity contribution in [3.63, 3.8) is 0 Å². The number of nitrogens with zero attached hydrogens (tertiary/aromatic N) is 2. The first-order valence-corrected chi connectivity index (χ1v) is 9.65. The van der Waals surface area contributed by atoms with Crippen LogP contribution in [0.5, 0.6) is 0 Å². The first-order chi connectivity index (χ1) is 13.8. The molecule has 1 aliphatic carbocycles. The van der Waals surface area contributed by atoms with Crippen molar-refractivity contribution in [2.75, 3.05) is 0 Å². The van der Waals surface area contributed by atoms with Crippen molar-refractivity contribution in [3.8, 4) is 0 Å². The Balaban J connectivity index is 1.62. The molecule has 1 saturated carbocycles. The Kier molecular flexibility index (Phi) is 5.10. The molecule has 150 valence electrons. The number of aromatic nitrogens is 2. The van der Waals surface area contributed by atoms with Gasteiger partial charge in [-0.05, 0) is 31.2 Å². The number of esters is 1. The maximum Gasteiger partial charge on any atom is 0.338 e. The van der Waals surface area contributed by atoms with Gasteiger partial charge in [-0.1, -0.05) is 29.8 Å². The van der Waals surface area contributed by atoms with E-state index in [0.717, 1.165) is 12.1 Å². The van der Waals surface area contributed by atoms with Crippen molar-refractivity contribution in [3.05, 3.63) is 75.0 Å². The second-order valence-electron chi connectivity index (χ2n) is 7.24. The molecule has 2 aromatic carbocycles. The Morgan fingerprint density at radius 2 is 2.00 bits per heavy atom. The minimum absolute atomic E-state index is 0.0643. The third kappa shape index (κ3) is 3.63. The van der Waals surface area contributed by atoms with Crippen molar-refractivity contribution in [1.82, 2.24) is 9.55 Å². The second-order valence-corrected chi connectivity index (χ2v) is 7.64. The second kappa shape index (κ2) is 7.57. The van der Waals surface area contributed by atoms with E-state index in [1.807, 2.05) is 6.07 Å². The number of fused-ring (bicyclic) bond motifs is 1. The van der Waals surface area contributed by atoms with Gasteiger partial charge >= 0.3 is 5.97 Å². The minimum atomic E-state index is -0.607. The summed E-state index contributed by atoms with van der Waals surface area (Å²) in [6.45, 7) is 1.72. The highest BCUT2D eigenvalue weighted by Crippen LogP contribution is 2.36. The van der Waals surface area contributed by atoms with Crippen LogP contribution in [0.4, 0.5) is 4.39 Å². The Morgan fingerprint density at radius 1 is 1.31 bits per heavy atom. The van der Waals surface area contributed by atoms with E-state index in [9.17, 15) is 14.0 Å². The Hall–Kier alpha value is -2.77. The summed E-state index contributed by atoms with van der Waals surface area (Å²) in [5.74, 6) is -0.641. The van der Waals surface area contributed by atoms with Crippen LogP contribution in [-0.2, 0) is 4.74 Å². The zero-order chi connectivity index (χ0) is 20.7. The van der Waals surface area contributed by atoms with Crippen LogP contribution in [0.1, 0.15) is 48.0 Å². The number of hydrogen-bond acceptors (Lipinski definition) is 5. The molecule has 1 heterocycles. The van der Waals surface area contributed by atoms with Gasteiger partial charge in [0.1, 0.15) is 17.7 Å². The lowest BCUT2D eigenvalue weighted by molar-refractivity contribution is -0.00920. The van der Waals surface area contributed by atoms with E-state index in [-0.39, 0.29) is 28.1 Å². The van der Waals surface area contributed by atoms with Gasteiger partial charge in [-0.3, -0.25) is 9.36 Å². The SMILES string of the molecule is C[C@H](N)c1nc2c(Cl)cc(F)cc2c(=O)n1C1CC(OC(=O)c2ccccc2)C1. The number of rotatable bonds is 4. The fourth-order valence-corrected chi connectivity index (χ4v) is 3.81. The van der Waals surface area contributed by atoms with Crippen LogP contribution < -0.4 is 11.3 Å². The van der Waals surface area contributed by atoms with Crippen LogP contribution in [0.15, 0.2) is 47.3 Å². The number of benzene rings is 2. The number of nitrogens with two attached hydrogens (primary N) is 1. The van der Waals surface area contributed by atoms with Gasteiger partial charge in [0.2, 0.25) is 0 Å². The Bertz CT molecular complexity index is 1140. The van der Waals surface area contributed by atoms with Gasteiger partial charge in [-0.15, -0.1) is 0 Å². The third-order valence-electron chi connectivity index (χ3n) is 5.08. The molecule has 0 saturated heterocycles. The summed E-state index contributed by atoms with van der Waals surface area (Å²) in [5.41, 5.74) is 6.34. The molecule has 8 heteroatoms. The molecule has 1 aliphatic rings. The predicted molar refractivity (Wildman–Crippen MR) is 107 cm³/mol. The summed E-state index contributed by atoms with van der Waals surface area (Å²) in [6, 6.07) is 10.2. The fourth-order valence-electron chi connectivity index (χ4n) is 3.56. The summed E-state index contributed by atoms with van der Waals surface area (Å²) in [6.07, 6.45) is 0.593. The van der Waals surface area contributed by atoms with Crippen LogP contribution in [0, 0.1) is 5.82 Å². The molecule has 3 aromatic rings. The van der Waals surface area contributed by atoms with Crippen molar-refractivity contribution < 1.29 is 13.9 Å². The maximum atomic E-state index is 13.8. The van der Waals surface area contributed by atoms with Gasteiger partial charge < -0.3 is 10.5 Å². The molecule has 0 unspecified atom stereocenters. The molecular formula is C21H19ClFN3O3. The van der Waals surface area contributed by atoms with E-state index >= 15 is 0 Å². The molecule has 1 aromatic heterocycles. The largest absolute Gasteiger partial charge is 0.459 e. The summed E-state index contributed by atoms with van der Waals surface area (Å²) in [7, 11) is 0. The van der Waals surface area contributed by atoms with Gasteiger partial charge in [-0.2, -0.15) is 0 Å². The molecule has 1 fully saturated rings. The van der Waals surface area contributed by atoms with E-state index in [1.165, 1.54) is 4.57 Å². The molecule has 2 N–H and O–H groups in total. The molecule has 6 nitrogen and oxygen atoms in total. The topological polar surface area (TPSA) is 87.2 Å². The lowest BCUT2D eigenvalue weighted by Crippen LogP contribution is -2.42. The van der Waals surface area contributed by atoms with Crippen LogP contribution in [0.3, 0.4) is 0 Å². The molecule has 29 heavy (non-hydrogen) atoms. The molecule has 1 atom stereocenters. The van der Waals surface area contributed by atoms with Crippen molar-refractivity contribution >= 4 is 28.5 Å². The molecule has 0 spiro atoms.